The van der Waals surface area contributed by atoms with Crippen molar-refractivity contribution in [2.45, 2.75) is 26.2 Å². The van der Waals surface area contributed by atoms with Crippen LogP contribution < -0.4 is 11.2 Å². The van der Waals surface area contributed by atoms with Gasteiger partial charge < -0.3 is 4.98 Å². The van der Waals surface area contributed by atoms with Crippen molar-refractivity contribution in [2.24, 2.45) is 14.1 Å². The topological polar surface area (TPSA) is 72.7 Å². The summed E-state index contributed by atoms with van der Waals surface area (Å²) in [5.74, 6) is 0.598. The van der Waals surface area contributed by atoms with E-state index in [1.165, 1.54) is 30.0 Å². The first-order valence-corrected chi connectivity index (χ1v) is 7.78. The van der Waals surface area contributed by atoms with Crippen LogP contribution in [0.1, 0.15) is 25.3 Å². The molecule has 1 aromatic carbocycles. The van der Waals surface area contributed by atoms with Crippen LogP contribution >= 0.6 is 0 Å². The summed E-state index contributed by atoms with van der Waals surface area (Å²) >= 11 is 0. The number of benzene rings is 1. The summed E-state index contributed by atoms with van der Waals surface area (Å²) in [6.07, 6.45) is 3.40. The van der Waals surface area contributed by atoms with Crippen LogP contribution in [0.15, 0.2) is 33.9 Å². The fraction of sp³-hybridized carbons (Fsp3) is 0.353. The molecule has 0 fully saturated rings. The molecule has 0 unspecified atom stereocenters. The van der Waals surface area contributed by atoms with Crippen LogP contribution in [0.4, 0.5) is 0 Å². The summed E-state index contributed by atoms with van der Waals surface area (Å²) in [4.78, 5) is 31.6. The first-order valence-electron chi connectivity index (χ1n) is 7.78. The largest absolute Gasteiger partial charge is 0.332 e. The van der Waals surface area contributed by atoms with Crippen molar-refractivity contribution in [2.75, 3.05) is 0 Å². The number of unbranched alkanes of at least 4 members (excludes halogenated alkanes) is 1. The molecule has 0 radical (unpaired) electrons. The highest BCUT2D eigenvalue weighted by molar-refractivity contribution is 5.75. The number of fused-ring (bicyclic) bond motifs is 1. The lowest BCUT2D eigenvalue weighted by Crippen LogP contribution is -2.36. The zero-order valence-electron chi connectivity index (χ0n) is 13.6. The Morgan fingerprint density at radius 2 is 1.78 bits per heavy atom. The van der Waals surface area contributed by atoms with Gasteiger partial charge in [0.15, 0.2) is 5.65 Å². The average Bonchev–Trinajstić information content (AvgIpc) is 3.02. The second kappa shape index (κ2) is 5.87. The smallest absolute Gasteiger partial charge is 0.332 e. The number of H-pyrrole nitrogens is 1. The van der Waals surface area contributed by atoms with E-state index in [2.05, 4.69) is 29.0 Å². The normalized spacial score (nSPS) is 11.3. The molecule has 0 aliphatic carbocycles. The SMILES string of the molecule is CCCCc1ccc(-c2nc3c([nH]2)c(=O)n(C)c(=O)n3C)cc1. The van der Waals surface area contributed by atoms with E-state index in [1.807, 2.05) is 12.1 Å². The summed E-state index contributed by atoms with van der Waals surface area (Å²) in [5, 5.41) is 0. The summed E-state index contributed by atoms with van der Waals surface area (Å²) in [5.41, 5.74) is 2.17. The fourth-order valence-electron chi connectivity index (χ4n) is 2.67. The highest BCUT2D eigenvalue weighted by Gasteiger charge is 2.14. The van der Waals surface area contributed by atoms with E-state index in [0.29, 0.717) is 17.0 Å². The first kappa shape index (κ1) is 15.3. The highest BCUT2D eigenvalue weighted by atomic mass is 16.2. The Morgan fingerprint density at radius 3 is 2.43 bits per heavy atom. The zero-order chi connectivity index (χ0) is 16.6. The summed E-state index contributed by atoms with van der Waals surface area (Å²) < 4.78 is 2.46. The molecule has 2 aromatic heterocycles. The van der Waals surface area contributed by atoms with E-state index in [-0.39, 0.29) is 11.2 Å². The lowest BCUT2D eigenvalue weighted by atomic mass is 10.1. The molecular formula is C17H20N4O2. The Kier molecular flexibility index (Phi) is 3.90. The monoisotopic (exact) mass is 312 g/mol. The van der Waals surface area contributed by atoms with Crippen molar-refractivity contribution in [3.05, 3.63) is 50.7 Å². The molecule has 1 N–H and O–H groups in total. The zero-order valence-corrected chi connectivity index (χ0v) is 13.6. The van der Waals surface area contributed by atoms with Crippen molar-refractivity contribution in [1.29, 1.82) is 0 Å². The molecule has 23 heavy (non-hydrogen) atoms. The van der Waals surface area contributed by atoms with Crippen molar-refractivity contribution in [3.63, 3.8) is 0 Å². The third-order valence-corrected chi connectivity index (χ3v) is 4.14. The predicted molar refractivity (Wildman–Crippen MR) is 90.6 cm³/mol. The van der Waals surface area contributed by atoms with Gasteiger partial charge in [0.1, 0.15) is 11.3 Å². The minimum atomic E-state index is -0.379. The van der Waals surface area contributed by atoms with Crippen molar-refractivity contribution in [1.82, 2.24) is 19.1 Å². The summed E-state index contributed by atoms with van der Waals surface area (Å²) in [7, 11) is 3.08. The van der Waals surface area contributed by atoms with E-state index < -0.39 is 0 Å². The molecule has 0 bridgehead atoms. The van der Waals surface area contributed by atoms with Crippen molar-refractivity contribution >= 4 is 11.2 Å². The molecule has 3 aromatic rings. The fourth-order valence-corrected chi connectivity index (χ4v) is 2.67. The van der Waals surface area contributed by atoms with Gasteiger partial charge in [0.2, 0.25) is 0 Å². The third-order valence-electron chi connectivity index (χ3n) is 4.14. The Labute approximate surface area is 133 Å². The molecule has 0 amide bonds. The van der Waals surface area contributed by atoms with Crippen LogP contribution in [0.25, 0.3) is 22.6 Å². The molecular weight excluding hydrogens is 292 g/mol. The standard InChI is InChI=1S/C17H20N4O2/c1-4-5-6-11-7-9-12(10-8-11)14-18-13-15(19-14)20(2)17(23)21(3)16(13)22/h7-10H,4-6H2,1-3H3,(H,18,19). The van der Waals surface area contributed by atoms with Crippen LogP contribution in [0.5, 0.6) is 0 Å². The molecule has 0 aliphatic heterocycles. The molecule has 0 saturated heterocycles. The first-order chi connectivity index (χ1) is 11.0. The van der Waals surface area contributed by atoms with Gasteiger partial charge >= 0.3 is 5.69 Å². The molecule has 6 heteroatoms. The number of nitrogens with one attached hydrogen (secondary N) is 1. The maximum absolute atomic E-state index is 12.2. The van der Waals surface area contributed by atoms with Crippen LogP contribution in [0.3, 0.4) is 0 Å². The van der Waals surface area contributed by atoms with Gasteiger partial charge in [-0.25, -0.2) is 9.78 Å². The van der Waals surface area contributed by atoms with E-state index in [1.54, 1.807) is 7.05 Å². The molecule has 0 atom stereocenters. The third kappa shape index (κ3) is 2.60. The molecule has 0 aliphatic rings. The Hall–Kier alpha value is -2.63. The number of hydrogen-bond donors (Lipinski definition) is 1. The minimum Gasteiger partial charge on any atom is -0.332 e. The quantitative estimate of drug-likeness (QED) is 0.800. The lowest BCUT2D eigenvalue weighted by molar-refractivity contribution is 0.709. The van der Waals surface area contributed by atoms with Crippen LogP contribution in [0, 0.1) is 0 Å². The van der Waals surface area contributed by atoms with Crippen molar-refractivity contribution in [3.8, 4) is 11.4 Å². The number of aromatic nitrogens is 4. The van der Waals surface area contributed by atoms with Crippen LogP contribution in [-0.2, 0) is 20.5 Å². The average molecular weight is 312 g/mol. The number of hydrogen-bond acceptors (Lipinski definition) is 3. The number of nitrogens with zero attached hydrogens (tertiary/aromatic N) is 3. The highest BCUT2D eigenvalue weighted by Crippen LogP contribution is 2.19. The second-order valence-corrected chi connectivity index (χ2v) is 5.79. The van der Waals surface area contributed by atoms with Crippen molar-refractivity contribution < 1.29 is 0 Å². The van der Waals surface area contributed by atoms with Crippen LogP contribution in [0.2, 0.25) is 0 Å². The maximum Gasteiger partial charge on any atom is 0.332 e. The summed E-state index contributed by atoms with van der Waals surface area (Å²) in [6, 6.07) is 8.14. The number of aromatic amines is 1. The Balaban J connectivity index is 2.07. The van der Waals surface area contributed by atoms with Gasteiger partial charge in [-0.2, -0.15) is 0 Å². The van der Waals surface area contributed by atoms with Gasteiger partial charge in [-0.15, -0.1) is 0 Å². The number of imidazole rings is 1. The molecule has 0 saturated carbocycles. The molecule has 0 spiro atoms. The second-order valence-electron chi connectivity index (χ2n) is 5.79. The minimum absolute atomic E-state index is 0.347. The van der Waals surface area contributed by atoms with Gasteiger partial charge in [0, 0.05) is 19.7 Å². The van der Waals surface area contributed by atoms with Gasteiger partial charge in [-0.3, -0.25) is 13.9 Å². The van der Waals surface area contributed by atoms with Gasteiger partial charge in [-0.1, -0.05) is 37.6 Å². The maximum atomic E-state index is 12.2. The molecule has 2 heterocycles. The Bertz CT molecular complexity index is 961. The van der Waals surface area contributed by atoms with Gasteiger partial charge in [-0.05, 0) is 18.4 Å². The van der Waals surface area contributed by atoms with E-state index >= 15 is 0 Å². The van der Waals surface area contributed by atoms with Gasteiger partial charge in [0.05, 0.1) is 0 Å². The van der Waals surface area contributed by atoms with E-state index in [0.717, 1.165) is 16.6 Å². The number of aryl methyl sites for hydroxylation is 2. The summed E-state index contributed by atoms with van der Waals surface area (Å²) in [6.45, 7) is 2.17. The van der Waals surface area contributed by atoms with E-state index in [4.69, 9.17) is 0 Å². The predicted octanol–water partition coefficient (Wildman–Crippen LogP) is 1.97. The molecule has 3 rings (SSSR count). The van der Waals surface area contributed by atoms with E-state index in [9.17, 15) is 9.59 Å². The Morgan fingerprint density at radius 1 is 1.09 bits per heavy atom. The van der Waals surface area contributed by atoms with Gasteiger partial charge in [0.25, 0.3) is 5.56 Å². The number of rotatable bonds is 4. The lowest BCUT2D eigenvalue weighted by Gasteiger charge is -2.01. The molecule has 120 valence electrons. The van der Waals surface area contributed by atoms with Crippen LogP contribution in [-0.4, -0.2) is 19.1 Å². The molecule has 6 nitrogen and oxygen atoms in total.